The second kappa shape index (κ2) is 6.43. The topological polar surface area (TPSA) is 72.6 Å². The number of aliphatic hydroxyl groups is 1. The third-order valence-corrected chi connectivity index (χ3v) is 3.76. The minimum Gasteiger partial charge on any atom is -0.457 e. The van der Waals surface area contributed by atoms with Crippen LogP contribution in [0.15, 0.2) is 40.9 Å². The molecule has 0 bridgehead atoms. The van der Waals surface area contributed by atoms with Crippen LogP contribution >= 0.6 is 27.5 Å². The summed E-state index contributed by atoms with van der Waals surface area (Å²) in [4.78, 5) is 10.1. The minimum absolute atomic E-state index is 0.0113. The fourth-order valence-electron chi connectivity index (χ4n) is 1.75. The van der Waals surface area contributed by atoms with Gasteiger partial charge in [0.15, 0.2) is 0 Å². The second-order valence-corrected chi connectivity index (χ2v) is 5.59. The lowest BCUT2D eigenvalue weighted by molar-refractivity contribution is -0.384. The number of hydrogen-bond donors (Lipinski definition) is 1. The molecule has 0 radical (unpaired) electrons. The number of ether oxygens (including phenoxy) is 1. The summed E-state index contributed by atoms with van der Waals surface area (Å²) in [6.07, 6.45) is -0.595. The molecule has 0 aliphatic carbocycles. The van der Waals surface area contributed by atoms with Crippen molar-refractivity contribution in [1.82, 2.24) is 0 Å². The van der Waals surface area contributed by atoms with Crippen LogP contribution in [0.4, 0.5) is 5.69 Å². The van der Waals surface area contributed by atoms with Gasteiger partial charge in [-0.3, -0.25) is 10.1 Å². The molecule has 21 heavy (non-hydrogen) atoms. The highest BCUT2D eigenvalue weighted by Gasteiger charge is 2.13. The number of aliphatic hydroxyl groups excluding tert-OH is 1. The van der Waals surface area contributed by atoms with E-state index in [1.54, 1.807) is 25.1 Å². The van der Waals surface area contributed by atoms with E-state index in [0.717, 1.165) is 5.56 Å². The average Bonchev–Trinajstić information content (AvgIpc) is 2.37. The fourth-order valence-corrected chi connectivity index (χ4v) is 2.67. The molecule has 0 aliphatic heterocycles. The summed E-state index contributed by atoms with van der Waals surface area (Å²) in [7, 11) is 0. The van der Waals surface area contributed by atoms with Gasteiger partial charge < -0.3 is 9.84 Å². The summed E-state index contributed by atoms with van der Waals surface area (Å²) in [5.41, 5.74) is 0.568. The third kappa shape index (κ3) is 3.72. The van der Waals surface area contributed by atoms with E-state index >= 15 is 0 Å². The molecule has 110 valence electrons. The van der Waals surface area contributed by atoms with E-state index in [1.165, 1.54) is 18.2 Å². The van der Waals surface area contributed by atoms with Crippen LogP contribution in [0.2, 0.25) is 5.02 Å². The van der Waals surface area contributed by atoms with Crippen LogP contribution in [-0.4, -0.2) is 10.0 Å². The molecule has 0 spiro atoms. The highest BCUT2D eigenvalue weighted by atomic mass is 79.9. The van der Waals surface area contributed by atoms with Gasteiger partial charge in [-0.25, -0.2) is 0 Å². The predicted molar refractivity (Wildman–Crippen MR) is 83.0 cm³/mol. The molecule has 0 heterocycles. The highest BCUT2D eigenvalue weighted by Crippen LogP contribution is 2.33. The average molecular weight is 373 g/mol. The molecule has 2 aromatic rings. The number of nitro benzene ring substituents is 1. The monoisotopic (exact) mass is 371 g/mol. The summed E-state index contributed by atoms with van der Waals surface area (Å²) in [6.45, 7) is 1.66. The molecule has 0 saturated heterocycles. The molecule has 2 aromatic carbocycles. The first-order valence-corrected chi connectivity index (χ1v) is 7.15. The fraction of sp³-hybridized carbons (Fsp3) is 0.143. The molecule has 0 fully saturated rings. The molecule has 2 rings (SSSR count). The smallest absolute Gasteiger partial charge is 0.288 e. The van der Waals surface area contributed by atoms with Crippen molar-refractivity contribution in [3.05, 3.63) is 61.6 Å². The molecule has 5 nitrogen and oxygen atoms in total. The Morgan fingerprint density at radius 3 is 2.43 bits per heavy atom. The molecule has 0 saturated carbocycles. The van der Waals surface area contributed by atoms with Gasteiger partial charge >= 0.3 is 0 Å². The molecule has 1 N–H and O–H groups in total. The van der Waals surface area contributed by atoms with Gasteiger partial charge in [0.05, 0.1) is 11.0 Å². The first-order chi connectivity index (χ1) is 9.88. The van der Waals surface area contributed by atoms with Crippen LogP contribution in [0, 0.1) is 10.1 Å². The lowest BCUT2D eigenvalue weighted by Gasteiger charge is -2.11. The van der Waals surface area contributed by atoms with E-state index in [9.17, 15) is 15.2 Å². The first kappa shape index (κ1) is 15.8. The van der Waals surface area contributed by atoms with E-state index in [1.807, 2.05) is 0 Å². The summed E-state index contributed by atoms with van der Waals surface area (Å²) >= 11 is 9.18. The van der Waals surface area contributed by atoms with Crippen molar-refractivity contribution >= 4 is 33.2 Å². The van der Waals surface area contributed by atoms with Crippen molar-refractivity contribution < 1.29 is 14.8 Å². The van der Waals surface area contributed by atoms with Crippen molar-refractivity contribution in [2.75, 3.05) is 0 Å². The van der Waals surface area contributed by atoms with Crippen LogP contribution < -0.4 is 4.74 Å². The Morgan fingerprint density at radius 1 is 1.29 bits per heavy atom. The SMILES string of the molecule is C[C@@H](O)c1ccc(Oc2ccc([N+](=O)[O-])c(Cl)c2)cc1Br. The number of nitrogens with zero attached hydrogens (tertiary/aromatic N) is 1. The largest absolute Gasteiger partial charge is 0.457 e. The molecule has 0 amide bonds. The van der Waals surface area contributed by atoms with Crippen LogP contribution in [-0.2, 0) is 0 Å². The molecular formula is C14H11BrClNO4. The lowest BCUT2D eigenvalue weighted by atomic mass is 10.1. The van der Waals surface area contributed by atoms with E-state index in [0.29, 0.717) is 16.0 Å². The zero-order chi connectivity index (χ0) is 15.6. The van der Waals surface area contributed by atoms with Gasteiger partial charge in [0, 0.05) is 16.6 Å². The maximum Gasteiger partial charge on any atom is 0.288 e. The van der Waals surface area contributed by atoms with Crippen molar-refractivity contribution in [1.29, 1.82) is 0 Å². The zero-order valence-corrected chi connectivity index (χ0v) is 13.3. The maximum atomic E-state index is 10.7. The Labute approximate surface area is 134 Å². The van der Waals surface area contributed by atoms with Crippen LogP contribution in [0.1, 0.15) is 18.6 Å². The van der Waals surface area contributed by atoms with Crippen molar-refractivity contribution in [3.8, 4) is 11.5 Å². The molecular weight excluding hydrogens is 362 g/mol. The molecule has 7 heteroatoms. The summed E-state index contributed by atoms with van der Waals surface area (Å²) in [5.74, 6) is 0.915. The van der Waals surface area contributed by atoms with Crippen LogP contribution in [0.5, 0.6) is 11.5 Å². The number of halogens is 2. The Balaban J connectivity index is 2.24. The zero-order valence-electron chi connectivity index (χ0n) is 10.9. The van der Waals surface area contributed by atoms with Gasteiger partial charge in [-0.2, -0.15) is 0 Å². The Kier molecular flexibility index (Phi) is 4.82. The van der Waals surface area contributed by atoms with E-state index in [-0.39, 0.29) is 10.7 Å². The first-order valence-electron chi connectivity index (χ1n) is 5.98. The highest BCUT2D eigenvalue weighted by molar-refractivity contribution is 9.10. The Hall–Kier alpha value is -1.63. The maximum absolute atomic E-state index is 10.7. The van der Waals surface area contributed by atoms with E-state index < -0.39 is 11.0 Å². The number of hydrogen-bond acceptors (Lipinski definition) is 4. The lowest BCUT2D eigenvalue weighted by Crippen LogP contribution is -1.94. The van der Waals surface area contributed by atoms with Crippen molar-refractivity contribution in [3.63, 3.8) is 0 Å². The number of rotatable bonds is 4. The van der Waals surface area contributed by atoms with Gasteiger partial charge in [-0.05, 0) is 30.7 Å². The summed E-state index contributed by atoms with van der Waals surface area (Å²) in [6, 6.07) is 9.28. The summed E-state index contributed by atoms with van der Waals surface area (Å²) in [5, 5.41) is 20.3. The second-order valence-electron chi connectivity index (χ2n) is 4.33. The normalized spacial score (nSPS) is 12.0. The van der Waals surface area contributed by atoms with Crippen LogP contribution in [0.25, 0.3) is 0 Å². The number of benzene rings is 2. The van der Waals surface area contributed by atoms with Gasteiger partial charge in [0.2, 0.25) is 0 Å². The summed E-state index contributed by atoms with van der Waals surface area (Å²) < 4.78 is 6.30. The third-order valence-electron chi connectivity index (χ3n) is 2.77. The minimum atomic E-state index is -0.595. The van der Waals surface area contributed by atoms with E-state index in [4.69, 9.17) is 16.3 Å². The molecule has 0 aliphatic rings. The van der Waals surface area contributed by atoms with Gasteiger partial charge in [0.1, 0.15) is 16.5 Å². The Bertz CT molecular complexity index is 691. The van der Waals surface area contributed by atoms with Gasteiger partial charge in [-0.15, -0.1) is 0 Å². The number of nitro groups is 1. The van der Waals surface area contributed by atoms with Crippen LogP contribution in [0.3, 0.4) is 0 Å². The quantitative estimate of drug-likeness (QED) is 0.614. The van der Waals surface area contributed by atoms with Crippen molar-refractivity contribution in [2.45, 2.75) is 13.0 Å². The van der Waals surface area contributed by atoms with E-state index in [2.05, 4.69) is 15.9 Å². The Morgan fingerprint density at radius 2 is 1.90 bits per heavy atom. The van der Waals surface area contributed by atoms with Crippen molar-refractivity contribution in [2.24, 2.45) is 0 Å². The van der Waals surface area contributed by atoms with Gasteiger partial charge in [-0.1, -0.05) is 33.6 Å². The van der Waals surface area contributed by atoms with Gasteiger partial charge in [0.25, 0.3) is 5.69 Å². The predicted octanol–water partition coefficient (Wildman–Crippen LogP) is 4.86. The molecule has 0 unspecified atom stereocenters. The molecule has 0 aromatic heterocycles. The standard InChI is InChI=1S/C14H11BrClNO4/c1-8(18)11-4-2-9(6-12(11)15)21-10-3-5-14(17(19)20)13(16)7-10/h2-8,18H,1H3/t8-/m1/s1. The molecule has 1 atom stereocenters.